The number of carbonyl (C=O) groups excluding carboxylic acids is 1. The average molecular weight is 544 g/mol. The summed E-state index contributed by atoms with van der Waals surface area (Å²) in [7, 11) is -7.45. The number of sulfonamides is 2. The Kier molecular flexibility index (Phi) is 7.64. The molecule has 0 bridgehead atoms. The van der Waals surface area contributed by atoms with E-state index in [9.17, 15) is 21.6 Å². The van der Waals surface area contributed by atoms with Crippen molar-refractivity contribution in [1.29, 1.82) is 5.41 Å². The van der Waals surface area contributed by atoms with Gasteiger partial charge >= 0.3 is 0 Å². The fourth-order valence-corrected chi connectivity index (χ4v) is 6.34. The normalized spacial score (nSPS) is 16.0. The molecule has 12 heteroatoms. The van der Waals surface area contributed by atoms with E-state index in [0.717, 1.165) is 17.0 Å². The van der Waals surface area contributed by atoms with Crippen LogP contribution in [0.1, 0.15) is 11.1 Å². The first kappa shape index (κ1) is 26.7. The Hall–Kier alpha value is -3.32. The van der Waals surface area contributed by atoms with Crippen LogP contribution in [0.5, 0.6) is 0 Å². The number of amides is 1. The third-order valence-corrected chi connectivity index (χ3v) is 9.12. The summed E-state index contributed by atoms with van der Waals surface area (Å²) < 4.78 is 54.3. The number of hydrogen-bond acceptors (Lipinski definition) is 6. The number of amidine groups is 1. The molecule has 1 saturated heterocycles. The van der Waals surface area contributed by atoms with E-state index in [-0.39, 0.29) is 43.3 Å². The number of hydrogen-bond donors (Lipinski definition) is 3. The van der Waals surface area contributed by atoms with Crippen LogP contribution < -0.4 is 10.5 Å². The van der Waals surface area contributed by atoms with Crippen molar-refractivity contribution in [1.82, 2.24) is 13.9 Å². The van der Waals surface area contributed by atoms with E-state index >= 15 is 0 Å². The second-order valence-corrected chi connectivity index (χ2v) is 12.7. The van der Waals surface area contributed by atoms with Crippen LogP contribution in [-0.4, -0.2) is 76.3 Å². The minimum atomic E-state index is -4.07. The fourth-order valence-electron chi connectivity index (χ4n) is 4.29. The molecule has 0 spiro atoms. The van der Waals surface area contributed by atoms with Gasteiger partial charge in [-0.05, 0) is 34.9 Å². The average Bonchev–Trinajstić information content (AvgIpc) is 2.87. The zero-order valence-corrected chi connectivity index (χ0v) is 21.9. The summed E-state index contributed by atoms with van der Waals surface area (Å²) in [6.45, 7) is 0.594. The number of nitrogens with one attached hydrogen (secondary N) is 2. The molecule has 10 nitrogen and oxygen atoms in total. The zero-order chi connectivity index (χ0) is 26.8. The molecular weight excluding hydrogens is 514 g/mol. The highest BCUT2D eigenvalue weighted by Crippen LogP contribution is 2.20. The predicted octanol–water partition coefficient (Wildman–Crippen LogP) is 1.12. The number of nitrogens with zero attached hydrogens (tertiary/aromatic N) is 2. The molecule has 1 fully saturated rings. The van der Waals surface area contributed by atoms with Crippen molar-refractivity contribution in [3.8, 4) is 0 Å². The summed E-state index contributed by atoms with van der Waals surface area (Å²) in [4.78, 5) is 15.1. The quantitative estimate of drug-likeness (QED) is 0.286. The third-order valence-electron chi connectivity index (χ3n) is 6.35. The smallest absolute Gasteiger partial charge is 0.241 e. The van der Waals surface area contributed by atoms with E-state index in [0.29, 0.717) is 11.1 Å². The number of carbonyl (C=O) groups is 1. The number of rotatable bonds is 8. The molecule has 0 saturated carbocycles. The van der Waals surface area contributed by atoms with Crippen molar-refractivity contribution in [2.45, 2.75) is 17.4 Å². The number of fused-ring (bicyclic) bond motifs is 1. The first-order chi connectivity index (χ1) is 17.4. The second-order valence-electron chi connectivity index (χ2n) is 8.98. The van der Waals surface area contributed by atoms with Gasteiger partial charge in [-0.2, -0.15) is 9.03 Å². The molecule has 1 atom stereocenters. The largest absolute Gasteiger partial charge is 0.384 e. The predicted molar refractivity (Wildman–Crippen MR) is 142 cm³/mol. The van der Waals surface area contributed by atoms with Gasteiger partial charge in [-0.1, -0.05) is 54.6 Å². The van der Waals surface area contributed by atoms with Gasteiger partial charge in [0.25, 0.3) is 0 Å². The Morgan fingerprint density at radius 1 is 0.946 bits per heavy atom. The van der Waals surface area contributed by atoms with Crippen LogP contribution in [-0.2, 0) is 31.3 Å². The second kappa shape index (κ2) is 10.6. The molecule has 1 unspecified atom stereocenters. The summed E-state index contributed by atoms with van der Waals surface area (Å²) in [5.41, 5.74) is 6.72. The van der Waals surface area contributed by atoms with Crippen LogP contribution in [0.25, 0.3) is 10.8 Å². The molecule has 37 heavy (non-hydrogen) atoms. The lowest BCUT2D eigenvalue weighted by molar-refractivity contribution is -0.134. The highest BCUT2D eigenvalue weighted by molar-refractivity contribution is 7.89. The highest BCUT2D eigenvalue weighted by Gasteiger charge is 2.33. The molecule has 1 heterocycles. The van der Waals surface area contributed by atoms with Crippen LogP contribution in [0, 0.1) is 5.41 Å². The topological polar surface area (TPSA) is 154 Å². The third kappa shape index (κ3) is 6.34. The molecule has 0 aliphatic carbocycles. The molecule has 1 amide bonds. The van der Waals surface area contributed by atoms with E-state index < -0.39 is 32.0 Å². The van der Waals surface area contributed by atoms with E-state index in [1.807, 2.05) is 24.3 Å². The maximum Gasteiger partial charge on any atom is 0.241 e. The molecule has 0 aromatic heterocycles. The van der Waals surface area contributed by atoms with Gasteiger partial charge in [-0.15, -0.1) is 0 Å². The Bertz CT molecular complexity index is 1530. The minimum Gasteiger partial charge on any atom is -0.384 e. The van der Waals surface area contributed by atoms with Crippen molar-refractivity contribution >= 4 is 42.6 Å². The summed E-state index contributed by atoms with van der Waals surface area (Å²) >= 11 is 0. The molecular formula is C25H29N5O5S2. The minimum absolute atomic E-state index is 0.0397. The number of nitrogen functional groups attached to an aromatic ring is 1. The van der Waals surface area contributed by atoms with E-state index in [4.69, 9.17) is 11.1 Å². The molecule has 3 aromatic rings. The number of piperazine rings is 1. The summed E-state index contributed by atoms with van der Waals surface area (Å²) in [6.07, 6.45) is 1.19. The van der Waals surface area contributed by atoms with Gasteiger partial charge in [0.05, 0.1) is 11.2 Å². The van der Waals surface area contributed by atoms with Gasteiger partial charge in [-0.3, -0.25) is 10.2 Å². The van der Waals surface area contributed by atoms with E-state index in [1.165, 1.54) is 15.3 Å². The standard InChI is InChI=1S/C25H29N5O5S2/c1-36(32,33)30-14-12-29(13-15-30)25(31)23(16-18-6-8-20(9-7-18)24(26)27)28-37(34,35)22-11-10-19-4-2-3-5-21(19)17-22/h2-11,17,23,28H,12-16H2,1H3,(H3,26,27). The van der Waals surface area contributed by atoms with E-state index in [2.05, 4.69) is 4.72 Å². The Balaban J connectivity index is 1.60. The molecule has 1 aliphatic rings. The molecule has 4 N–H and O–H groups in total. The Labute approximate surface area is 216 Å². The van der Waals surface area contributed by atoms with Gasteiger partial charge in [0.15, 0.2) is 0 Å². The molecule has 4 rings (SSSR count). The van der Waals surface area contributed by atoms with Crippen molar-refractivity contribution in [3.63, 3.8) is 0 Å². The van der Waals surface area contributed by atoms with E-state index in [1.54, 1.807) is 36.4 Å². The maximum absolute atomic E-state index is 13.5. The SMILES string of the molecule is CS(=O)(=O)N1CCN(C(=O)C(Cc2ccc(C(=N)N)cc2)NS(=O)(=O)c2ccc3ccccc3c2)CC1. The van der Waals surface area contributed by atoms with Crippen molar-refractivity contribution in [2.75, 3.05) is 32.4 Å². The van der Waals surface area contributed by atoms with Crippen molar-refractivity contribution in [2.24, 2.45) is 5.73 Å². The van der Waals surface area contributed by atoms with Crippen LogP contribution in [0.4, 0.5) is 0 Å². The van der Waals surface area contributed by atoms with Crippen LogP contribution >= 0.6 is 0 Å². The van der Waals surface area contributed by atoms with Gasteiger partial charge in [0.1, 0.15) is 11.9 Å². The van der Waals surface area contributed by atoms with Gasteiger partial charge in [0.2, 0.25) is 26.0 Å². The molecule has 1 aliphatic heterocycles. The molecule has 3 aromatic carbocycles. The van der Waals surface area contributed by atoms with Crippen molar-refractivity contribution in [3.05, 3.63) is 77.9 Å². The summed E-state index contributed by atoms with van der Waals surface area (Å²) in [5.74, 6) is -0.534. The Morgan fingerprint density at radius 3 is 2.16 bits per heavy atom. The molecule has 0 radical (unpaired) electrons. The van der Waals surface area contributed by atoms with Gasteiger partial charge in [-0.25, -0.2) is 16.8 Å². The maximum atomic E-state index is 13.5. The fraction of sp³-hybridized carbons (Fsp3) is 0.280. The Morgan fingerprint density at radius 2 is 1.57 bits per heavy atom. The number of nitrogens with two attached hydrogens (primary N) is 1. The first-order valence-electron chi connectivity index (χ1n) is 11.6. The van der Waals surface area contributed by atoms with Crippen LogP contribution in [0.2, 0.25) is 0 Å². The van der Waals surface area contributed by atoms with Crippen LogP contribution in [0.3, 0.4) is 0 Å². The van der Waals surface area contributed by atoms with Crippen LogP contribution in [0.15, 0.2) is 71.6 Å². The summed E-state index contributed by atoms with van der Waals surface area (Å²) in [6, 6.07) is 17.7. The highest BCUT2D eigenvalue weighted by atomic mass is 32.2. The summed E-state index contributed by atoms with van der Waals surface area (Å²) in [5, 5.41) is 9.21. The monoisotopic (exact) mass is 543 g/mol. The number of benzene rings is 3. The van der Waals surface area contributed by atoms with Gasteiger partial charge < -0.3 is 10.6 Å². The van der Waals surface area contributed by atoms with Crippen molar-refractivity contribution < 1.29 is 21.6 Å². The first-order valence-corrected chi connectivity index (χ1v) is 15.0. The zero-order valence-electron chi connectivity index (χ0n) is 20.3. The lowest BCUT2D eigenvalue weighted by Crippen LogP contribution is -2.56. The molecule has 196 valence electrons. The van der Waals surface area contributed by atoms with Gasteiger partial charge in [0, 0.05) is 31.7 Å². The lowest BCUT2D eigenvalue weighted by atomic mass is 10.0. The lowest BCUT2D eigenvalue weighted by Gasteiger charge is -2.35.